The highest BCUT2D eigenvalue weighted by Gasteiger charge is 2.22. The van der Waals surface area contributed by atoms with E-state index >= 15 is 0 Å². The molecule has 0 saturated carbocycles. The number of carbonyl (C=O) groups excluding carboxylic acids is 1. The number of amides is 2. The van der Waals surface area contributed by atoms with Gasteiger partial charge in [-0.3, -0.25) is 4.79 Å². The maximum atomic E-state index is 11.6. The molecule has 0 aliphatic carbocycles. The van der Waals surface area contributed by atoms with E-state index in [0.29, 0.717) is 25.6 Å². The number of aliphatic carboxylic acids is 1. The van der Waals surface area contributed by atoms with Crippen LogP contribution in [0.25, 0.3) is 0 Å². The number of likely N-dealkylation sites (tertiary alicyclic amines) is 1. The highest BCUT2D eigenvalue weighted by Crippen LogP contribution is 2.15. The van der Waals surface area contributed by atoms with E-state index in [4.69, 9.17) is 5.11 Å². The average molecular weight is 243 g/mol. The van der Waals surface area contributed by atoms with E-state index in [2.05, 4.69) is 10.6 Å². The van der Waals surface area contributed by atoms with Crippen LogP contribution in [0.4, 0.5) is 4.79 Å². The molecule has 1 aliphatic heterocycles. The Kier molecular flexibility index (Phi) is 5.76. The lowest BCUT2D eigenvalue weighted by molar-refractivity contribution is -0.136. The number of hydrogen-bond donors (Lipinski definition) is 3. The molecule has 0 aromatic rings. The number of nitrogens with zero attached hydrogens (tertiary/aromatic N) is 1. The summed E-state index contributed by atoms with van der Waals surface area (Å²) in [5, 5.41) is 14.2. The monoisotopic (exact) mass is 243 g/mol. The Morgan fingerprint density at radius 3 is 2.88 bits per heavy atom. The first-order valence-electron chi connectivity index (χ1n) is 6.08. The fourth-order valence-electron chi connectivity index (χ4n) is 2.06. The fraction of sp³-hybridized carbons (Fsp3) is 0.818. The minimum atomic E-state index is -0.846. The summed E-state index contributed by atoms with van der Waals surface area (Å²) in [6.07, 6.45) is 2.03. The van der Waals surface area contributed by atoms with Crippen LogP contribution in [0, 0.1) is 5.92 Å². The maximum Gasteiger partial charge on any atom is 0.317 e. The Balaban J connectivity index is 2.28. The van der Waals surface area contributed by atoms with Gasteiger partial charge < -0.3 is 20.6 Å². The molecule has 98 valence electrons. The van der Waals surface area contributed by atoms with Crippen LogP contribution in [0.15, 0.2) is 0 Å². The van der Waals surface area contributed by atoms with Crippen LogP contribution in [0.3, 0.4) is 0 Å². The predicted octanol–water partition coefficient (Wildman–Crippen LogP) is 0.102. The summed E-state index contributed by atoms with van der Waals surface area (Å²) in [4.78, 5) is 23.8. The summed E-state index contributed by atoms with van der Waals surface area (Å²) in [5.74, 6) is -0.493. The first-order chi connectivity index (χ1) is 8.13. The van der Waals surface area contributed by atoms with Crippen molar-refractivity contribution >= 4 is 12.0 Å². The van der Waals surface area contributed by atoms with Crippen molar-refractivity contribution in [3.8, 4) is 0 Å². The molecule has 0 aromatic carbocycles. The van der Waals surface area contributed by atoms with Crippen LogP contribution in [-0.4, -0.2) is 54.7 Å². The van der Waals surface area contributed by atoms with Gasteiger partial charge in [-0.15, -0.1) is 0 Å². The van der Waals surface area contributed by atoms with E-state index in [-0.39, 0.29) is 12.6 Å². The number of carbonyl (C=O) groups is 2. The van der Waals surface area contributed by atoms with Crippen molar-refractivity contribution in [3.05, 3.63) is 0 Å². The van der Waals surface area contributed by atoms with Gasteiger partial charge in [0.2, 0.25) is 0 Å². The summed E-state index contributed by atoms with van der Waals surface area (Å²) >= 11 is 0. The Morgan fingerprint density at radius 2 is 2.24 bits per heavy atom. The molecule has 0 bridgehead atoms. The van der Waals surface area contributed by atoms with Crippen LogP contribution in [0.1, 0.15) is 19.8 Å². The zero-order valence-electron chi connectivity index (χ0n) is 10.2. The van der Waals surface area contributed by atoms with E-state index in [1.165, 1.54) is 0 Å². The van der Waals surface area contributed by atoms with Gasteiger partial charge in [0.25, 0.3) is 0 Å². The first-order valence-corrected chi connectivity index (χ1v) is 6.08. The molecule has 3 N–H and O–H groups in total. The zero-order chi connectivity index (χ0) is 12.7. The summed E-state index contributed by atoms with van der Waals surface area (Å²) in [6.45, 7) is 4.67. The fourth-order valence-corrected chi connectivity index (χ4v) is 2.06. The molecule has 6 heteroatoms. The van der Waals surface area contributed by atoms with Crippen molar-refractivity contribution in [2.45, 2.75) is 19.8 Å². The summed E-state index contributed by atoms with van der Waals surface area (Å²) in [7, 11) is 0. The first kappa shape index (κ1) is 13.8. The standard InChI is InChI=1S/C11H21N3O3/c1-2-13-11(17)14-5-3-4-9(8-14)6-12-7-10(15)16/h9,12H,2-8H2,1H3,(H,13,17)(H,15,16). The molecule has 1 rings (SSSR count). The van der Waals surface area contributed by atoms with Crippen molar-refractivity contribution in [1.29, 1.82) is 0 Å². The number of piperidine rings is 1. The summed E-state index contributed by atoms with van der Waals surface area (Å²) in [6, 6.07) is -0.0181. The van der Waals surface area contributed by atoms with Crippen molar-refractivity contribution < 1.29 is 14.7 Å². The van der Waals surface area contributed by atoms with Crippen LogP contribution in [-0.2, 0) is 4.79 Å². The van der Waals surface area contributed by atoms with E-state index in [1.807, 2.05) is 6.92 Å². The van der Waals surface area contributed by atoms with Gasteiger partial charge in [0.15, 0.2) is 0 Å². The Morgan fingerprint density at radius 1 is 1.47 bits per heavy atom. The van der Waals surface area contributed by atoms with Gasteiger partial charge >= 0.3 is 12.0 Å². The van der Waals surface area contributed by atoms with Gasteiger partial charge in [-0.25, -0.2) is 4.79 Å². The SMILES string of the molecule is CCNC(=O)N1CCCC(CNCC(=O)O)C1. The van der Waals surface area contributed by atoms with Gasteiger partial charge in [-0.2, -0.15) is 0 Å². The highest BCUT2D eigenvalue weighted by molar-refractivity contribution is 5.74. The molecule has 17 heavy (non-hydrogen) atoms. The van der Waals surface area contributed by atoms with Crippen LogP contribution >= 0.6 is 0 Å². The van der Waals surface area contributed by atoms with Crippen molar-refractivity contribution in [2.75, 3.05) is 32.7 Å². The van der Waals surface area contributed by atoms with E-state index in [0.717, 1.165) is 19.4 Å². The molecule has 0 spiro atoms. The molecular weight excluding hydrogens is 222 g/mol. The maximum absolute atomic E-state index is 11.6. The topological polar surface area (TPSA) is 81.7 Å². The smallest absolute Gasteiger partial charge is 0.317 e. The Hall–Kier alpha value is -1.30. The number of carboxylic acids is 1. The van der Waals surface area contributed by atoms with E-state index < -0.39 is 5.97 Å². The molecule has 1 heterocycles. The third-order valence-electron chi connectivity index (χ3n) is 2.84. The number of rotatable bonds is 5. The third kappa shape index (κ3) is 5.04. The van der Waals surface area contributed by atoms with Crippen molar-refractivity contribution in [2.24, 2.45) is 5.92 Å². The van der Waals surface area contributed by atoms with Gasteiger partial charge in [0, 0.05) is 26.2 Å². The van der Waals surface area contributed by atoms with Gasteiger partial charge in [0.05, 0.1) is 6.54 Å². The van der Waals surface area contributed by atoms with Crippen LogP contribution in [0.5, 0.6) is 0 Å². The van der Waals surface area contributed by atoms with Gasteiger partial charge in [-0.1, -0.05) is 0 Å². The lowest BCUT2D eigenvalue weighted by Crippen LogP contribution is -2.47. The molecule has 1 unspecified atom stereocenters. The van der Waals surface area contributed by atoms with Crippen molar-refractivity contribution in [1.82, 2.24) is 15.5 Å². The van der Waals surface area contributed by atoms with Crippen LogP contribution in [0.2, 0.25) is 0 Å². The molecule has 6 nitrogen and oxygen atoms in total. The molecule has 0 aromatic heterocycles. The molecule has 2 amide bonds. The van der Waals surface area contributed by atoms with E-state index in [9.17, 15) is 9.59 Å². The van der Waals surface area contributed by atoms with E-state index in [1.54, 1.807) is 4.90 Å². The Bertz CT molecular complexity index is 271. The lowest BCUT2D eigenvalue weighted by atomic mass is 9.98. The molecule has 1 saturated heterocycles. The normalized spacial score (nSPS) is 20.1. The minimum absolute atomic E-state index is 0.0162. The highest BCUT2D eigenvalue weighted by atomic mass is 16.4. The number of hydrogen-bond acceptors (Lipinski definition) is 3. The molecule has 1 aliphatic rings. The number of nitrogens with one attached hydrogen (secondary N) is 2. The third-order valence-corrected chi connectivity index (χ3v) is 2.84. The Labute approximate surface area is 101 Å². The lowest BCUT2D eigenvalue weighted by Gasteiger charge is -2.32. The second kappa shape index (κ2) is 7.11. The predicted molar refractivity (Wildman–Crippen MR) is 63.9 cm³/mol. The molecular formula is C11H21N3O3. The summed E-state index contributed by atoms with van der Waals surface area (Å²) < 4.78 is 0. The van der Waals surface area contributed by atoms with Crippen molar-refractivity contribution in [3.63, 3.8) is 0 Å². The zero-order valence-corrected chi connectivity index (χ0v) is 10.2. The number of carboxylic acid groups (broad SMARTS) is 1. The molecule has 1 atom stereocenters. The average Bonchev–Trinajstić information content (AvgIpc) is 2.29. The second-order valence-electron chi connectivity index (χ2n) is 4.31. The molecule has 1 fully saturated rings. The largest absolute Gasteiger partial charge is 0.480 e. The summed E-state index contributed by atoms with van der Waals surface area (Å²) in [5.41, 5.74) is 0. The number of urea groups is 1. The minimum Gasteiger partial charge on any atom is -0.480 e. The van der Waals surface area contributed by atoms with Gasteiger partial charge in [-0.05, 0) is 25.7 Å². The quantitative estimate of drug-likeness (QED) is 0.640. The second-order valence-corrected chi connectivity index (χ2v) is 4.31. The molecule has 0 radical (unpaired) electrons. The van der Waals surface area contributed by atoms with Gasteiger partial charge in [0.1, 0.15) is 0 Å². The van der Waals surface area contributed by atoms with Crippen LogP contribution < -0.4 is 10.6 Å².